The lowest BCUT2D eigenvalue weighted by molar-refractivity contribution is 0.133. The van der Waals surface area contributed by atoms with Crippen molar-refractivity contribution in [1.82, 2.24) is 4.31 Å². The number of hydrogen-bond acceptors (Lipinski definition) is 4. The molecule has 1 heterocycles. The Bertz CT molecular complexity index is 616. The number of nitrogens with zero attached hydrogens (tertiary/aromatic N) is 1. The highest BCUT2D eigenvalue weighted by molar-refractivity contribution is 7.89. The number of sulfonamides is 1. The van der Waals surface area contributed by atoms with Crippen LogP contribution < -0.4 is 5.73 Å². The molecule has 5 nitrogen and oxygen atoms in total. The van der Waals surface area contributed by atoms with Crippen LogP contribution in [0.1, 0.15) is 18.9 Å². The summed E-state index contributed by atoms with van der Waals surface area (Å²) in [6, 6.07) is 2.55. The lowest BCUT2D eigenvalue weighted by Gasteiger charge is -2.19. The molecule has 1 fully saturated rings. The van der Waals surface area contributed by atoms with Crippen LogP contribution in [0.4, 0.5) is 10.1 Å². The highest BCUT2D eigenvalue weighted by Crippen LogP contribution is 2.29. The van der Waals surface area contributed by atoms with Gasteiger partial charge >= 0.3 is 0 Å². The van der Waals surface area contributed by atoms with Crippen molar-refractivity contribution < 1.29 is 17.9 Å². The van der Waals surface area contributed by atoms with Crippen LogP contribution in [-0.4, -0.2) is 37.0 Å². The van der Waals surface area contributed by atoms with E-state index in [1.165, 1.54) is 17.3 Å². The van der Waals surface area contributed by atoms with E-state index in [9.17, 15) is 17.9 Å². The van der Waals surface area contributed by atoms with Crippen molar-refractivity contribution in [1.29, 1.82) is 0 Å². The number of hydrogen-bond donors (Lipinski definition) is 2. The molecule has 1 aromatic carbocycles. The van der Waals surface area contributed by atoms with E-state index >= 15 is 0 Å². The Kier molecular flexibility index (Phi) is 4.04. The molecule has 0 aromatic heterocycles. The van der Waals surface area contributed by atoms with E-state index in [0.717, 1.165) is 6.07 Å². The normalized spacial score (nSPS) is 22.1. The second-order valence-corrected chi connectivity index (χ2v) is 7.21. The first-order valence-corrected chi connectivity index (χ1v) is 7.91. The van der Waals surface area contributed by atoms with Crippen LogP contribution in [0.5, 0.6) is 0 Å². The molecule has 1 aliphatic rings. The number of aliphatic hydroxyl groups is 1. The van der Waals surface area contributed by atoms with Crippen molar-refractivity contribution in [3.8, 4) is 0 Å². The molecule has 0 aliphatic carbocycles. The Morgan fingerprint density at radius 3 is 2.70 bits per heavy atom. The minimum absolute atomic E-state index is 0.116. The minimum Gasteiger partial charge on any atom is -0.399 e. The van der Waals surface area contributed by atoms with Crippen molar-refractivity contribution in [3.05, 3.63) is 23.5 Å². The summed E-state index contributed by atoms with van der Waals surface area (Å²) in [5, 5.41) is 9.53. The standard InChI is InChI=1S/C13H19FN2O3S/c1-8-5-11(15)6-12(13(8)14)20(18,19)16-4-3-10(7-16)9(2)17/h5-6,9-10,17H,3-4,7,15H2,1-2H3. The van der Waals surface area contributed by atoms with Crippen LogP contribution in [0.15, 0.2) is 17.0 Å². The number of nitrogens with two attached hydrogens (primary N) is 1. The maximum absolute atomic E-state index is 14.1. The van der Waals surface area contributed by atoms with Gasteiger partial charge < -0.3 is 10.8 Å². The second kappa shape index (κ2) is 5.31. The first-order valence-electron chi connectivity index (χ1n) is 6.47. The van der Waals surface area contributed by atoms with E-state index < -0.39 is 21.9 Å². The van der Waals surface area contributed by atoms with Crippen LogP contribution >= 0.6 is 0 Å². The molecule has 2 unspecified atom stereocenters. The number of aryl methyl sites for hydroxylation is 1. The molecule has 2 rings (SSSR count). The third kappa shape index (κ3) is 2.65. The number of nitrogen functional groups attached to an aromatic ring is 1. The molecule has 3 N–H and O–H groups in total. The largest absolute Gasteiger partial charge is 0.399 e. The van der Waals surface area contributed by atoms with Gasteiger partial charge in [-0.1, -0.05) is 0 Å². The average molecular weight is 302 g/mol. The number of aliphatic hydroxyl groups excluding tert-OH is 1. The van der Waals surface area contributed by atoms with E-state index in [-0.39, 0.29) is 35.2 Å². The Labute approximate surface area is 118 Å². The maximum atomic E-state index is 14.1. The van der Waals surface area contributed by atoms with Gasteiger partial charge in [0, 0.05) is 18.8 Å². The van der Waals surface area contributed by atoms with Gasteiger partial charge in [0.25, 0.3) is 0 Å². The molecule has 0 spiro atoms. The molecule has 112 valence electrons. The second-order valence-electron chi connectivity index (χ2n) is 5.30. The monoisotopic (exact) mass is 302 g/mol. The predicted molar refractivity (Wildman–Crippen MR) is 74.1 cm³/mol. The lowest BCUT2D eigenvalue weighted by Crippen LogP contribution is -2.31. The highest BCUT2D eigenvalue weighted by Gasteiger charge is 2.36. The smallest absolute Gasteiger partial charge is 0.246 e. The van der Waals surface area contributed by atoms with Gasteiger partial charge in [-0.2, -0.15) is 4.31 Å². The minimum atomic E-state index is -3.91. The van der Waals surface area contributed by atoms with Crippen molar-refractivity contribution in [2.45, 2.75) is 31.3 Å². The lowest BCUT2D eigenvalue weighted by atomic mass is 10.0. The first kappa shape index (κ1) is 15.2. The number of benzene rings is 1. The van der Waals surface area contributed by atoms with Gasteiger partial charge in [-0.25, -0.2) is 12.8 Å². The summed E-state index contributed by atoms with van der Waals surface area (Å²) >= 11 is 0. The Balaban J connectivity index is 2.37. The number of rotatable bonds is 3. The summed E-state index contributed by atoms with van der Waals surface area (Å²) in [5.74, 6) is -0.880. The zero-order valence-electron chi connectivity index (χ0n) is 11.5. The molecule has 0 saturated carbocycles. The summed E-state index contributed by atoms with van der Waals surface area (Å²) in [4.78, 5) is -0.388. The average Bonchev–Trinajstić information content (AvgIpc) is 2.83. The molecule has 7 heteroatoms. The van der Waals surface area contributed by atoms with Crippen molar-refractivity contribution in [2.24, 2.45) is 5.92 Å². The number of halogens is 1. The Hall–Kier alpha value is -1.18. The Morgan fingerprint density at radius 2 is 2.15 bits per heavy atom. The first-order chi connectivity index (χ1) is 9.23. The Morgan fingerprint density at radius 1 is 1.50 bits per heavy atom. The van der Waals surface area contributed by atoms with Gasteiger partial charge in [0.1, 0.15) is 10.7 Å². The van der Waals surface area contributed by atoms with Crippen molar-refractivity contribution in [2.75, 3.05) is 18.8 Å². The fourth-order valence-corrected chi connectivity index (χ4v) is 4.14. The summed E-state index contributed by atoms with van der Waals surface area (Å²) in [6.07, 6.45) is -0.0116. The molecule has 0 amide bonds. The SMILES string of the molecule is Cc1cc(N)cc(S(=O)(=O)N2CCC(C(C)O)C2)c1F. The van der Waals surface area contributed by atoms with Crippen LogP contribution in [-0.2, 0) is 10.0 Å². The van der Waals surface area contributed by atoms with E-state index in [4.69, 9.17) is 5.73 Å². The van der Waals surface area contributed by atoms with Gasteiger partial charge in [-0.15, -0.1) is 0 Å². The third-order valence-electron chi connectivity index (χ3n) is 3.73. The molecule has 20 heavy (non-hydrogen) atoms. The van der Waals surface area contributed by atoms with Gasteiger partial charge in [0.2, 0.25) is 10.0 Å². The maximum Gasteiger partial charge on any atom is 0.246 e. The van der Waals surface area contributed by atoms with E-state index in [1.54, 1.807) is 6.92 Å². The topological polar surface area (TPSA) is 83.6 Å². The highest BCUT2D eigenvalue weighted by atomic mass is 32.2. The van der Waals surface area contributed by atoms with Crippen LogP contribution in [0.3, 0.4) is 0 Å². The van der Waals surface area contributed by atoms with Crippen molar-refractivity contribution >= 4 is 15.7 Å². The van der Waals surface area contributed by atoms with Crippen molar-refractivity contribution in [3.63, 3.8) is 0 Å². The molecule has 0 bridgehead atoms. The molecule has 1 aliphatic heterocycles. The zero-order chi connectivity index (χ0) is 15.1. The third-order valence-corrected chi connectivity index (χ3v) is 5.60. The van der Waals surface area contributed by atoms with E-state index in [0.29, 0.717) is 6.42 Å². The van der Waals surface area contributed by atoms with Crippen LogP contribution in [0.2, 0.25) is 0 Å². The van der Waals surface area contributed by atoms with Crippen LogP contribution in [0, 0.1) is 18.7 Å². The van der Waals surface area contributed by atoms with E-state index in [1.807, 2.05) is 0 Å². The molecule has 1 aromatic rings. The predicted octanol–water partition coefficient (Wildman–Crippen LogP) is 1.11. The van der Waals surface area contributed by atoms with Crippen LogP contribution in [0.25, 0.3) is 0 Å². The van der Waals surface area contributed by atoms with E-state index in [2.05, 4.69) is 0 Å². The molecule has 0 radical (unpaired) electrons. The molecular formula is C13H19FN2O3S. The molecule has 2 atom stereocenters. The summed E-state index contributed by atoms with van der Waals surface area (Å²) in [7, 11) is -3.91. The van der Waals surface area contributed by atoms with Gasteiger partial charge in [-0.05, 0) is 43.9 Å². The molecular weight excluding hydrogens is 283 g/mol. The van der Waals surface area contributed by atoms with Gasteiger partial charge in [0.15, 0.2) is 0 Å². The quantitative estimate of drug-likeness (QED) is 0.819. The molecule has 1 saturated heterocycles. The number of anilines is 1. The van der Waals surface area contributed by atoms with Gasteiger partial charge in [-0.3, -0.25) is 0 Å². The summed E-state index contributed by atoms with van der Waals surface area (Å²) < 4.78 is 40.2. The summed E-state index contributed by atoms with van der Waals surface area (Å²) in [6.45, 7) is 3.60. The summed E-state index contributed by atoms with van der Waals surface area (Å²) in [5.41, 5.74) is 6.03. The van der Waals surface area contributed by atoms with Gasteiger partial charge in [0.05, 0.1) is 6.10 Å². The fourth-order valence-electron chi connectivity index (χ4n) is 2.46. The fraction of sp³-hybridized carbons (Fsp3) is 0.538. The zero-order valence-corrected chi connectivity index (χ0v) is 12.3.